The Bertz CT molecular complexity index is 992. The second kappa shape index (κ2) is 9.53. The van der Waals surface area contributed by atoms with Crippen LogP contribution in [0.2, 0.25) is 0 Å². The molecule has 1 fully saturated rings. The van der Waals surface area contributed by atoms with E-state index < -0.39 is 0 Å². The molecule has 7 heteroatoms. The van der Waals surface area contributed by atoms with Gasteiger partial charge < -0.3 is 9.73 Å². The predicted octanol–water partition coefficient (Wildman–Crippen LogP) is 5.35. The number of nitrogens with zero attached hydrogens (tertiary/aromatic N) is 2. The molecule has 0 aliphatic carbocycles. The third-order valence-corrected chi connectivity index (χ3v) is 6.27. The van der Waals surface area contributed by atoms with Crippen molar-refractivity contribution in [3.05, 3.63) is 59.0 Å². The van der Waals surface area contributed by atoms with Crippen LogP contribution in [0.15, 0.2) is 46.2 Å². The van der Waals surface area contributed by atoms with Crippen molar-refractivity contribution in [3.8, 4) is 11.3 Å². The third-order valence-electron chi connectivity index (χ3n) is 5.46. The number of benzene rings is 1. The first-order valence-electron chi connectivity index (χ1n) is 10.4. The van der Waals surface area contributed by atoms with Crippen LogP contribution in [0.5, 0.6) is 0 Å². The molecule has 2 aromatic heterocycles. The zero-order valence-electron chi connectivity index (χ0n) is 17.1. The lowest BCUT2D eigenvalue weighted by Crippen LogP contribution is -2.32. The van der Waals surface area contributed by atoms with Crippen molar-refractivity contribution in [1.82, 2.24) is 9.88 Å². The summed E-state index contributed by atoms with van der Waals surface area (Å²) in [7, 11) is 0. The summed E-state index contributed by atoms with van der Waals surface area (Å²) in [5.41, 5.74) is 1.43. The summed E-state index contributed by atoms with van der Waals surface area (Å²) in [5.74, 6) is 1.51. The zero-order chi connectivity index (χ0) is 20.9. The van der Waals surface area contributed by atoms with Gasteiger partial charge in [0.2, 0.25) is 5.91 Å². The van der Waals surface area contributed by atoms with Gasteiger partial charge in [-0.2, -0.15) is 0 Å². The van der Waals surface area contributed by atoms with Gasteiger partial charge in [-0.3, -0.25) is 9.69 Å². The number of hydrogen-bond donors (Lipinski definition) is 1. The zero-order valence-corrected chi connectivity index (χ0v) is 17.9. The molecule has 158 valence electrons. The van der Waals surface area contributed by atoms with E-state index in [1.54, 1.807) is 30.3 Å². The van der Waals surface area contributed by atoms with Gasteiger partial charge >= 0.3 is 0 Å². The average molecular weight is 428 g/mol. The highest BCUT2D eigenvalue weighted by Crippen LogP contribution is 2.25. The van der Waals surface area contributed by atoms with E-state index in [0.717, 1.165) is 31.2 Å². The number of furan rings is 1. The van der Waals surface area contributed by atoms with Gasteiger partial charge in [0, 0.05) is 24.8 Å². The fourth-order valence-corrected chi connectivity index (χ4v) is 4.34. The van der Waals surface area contributed by atoms with Crippen LogP contribution in [-0.2, 0) is 17.8 Å². The van der Waals surface area contributed by atoms with Crippen LogP contribution >= 0.6 is 11.3 Å². The second-order valence-corrected chi connectivity index (χ2v) is 8.75. The van der Waals surface area contributed by atoms with Crippen molar-refractivity contribution in [2.24, 2.45) is 5.92 Å². The average Bonchev–Trinajstić information content (AvgIpc) is 3.38. The quantitative estimate of drug-likeness (QED) is 0.553. The minimum atomic E-state index is -0.324. The topological polar surface area (TPSA) is 58.4 Å². The number of hydrogen-bond acceptors (Lipinski definition) is 5. The highest BCUT2D eigenvalue weighted by atomic mass is 32.1. The molecular formula is C23H26FN3O2S. The normalized spacial score (nSPS) is 15.4. The summed E-state index contributed by atoms with van der Waals surface area (Å²) in [6, 6.07) is 10.0. The van der Waals surface area contributed by atoms with Crippen LogP contribution in [0.25, 0.3) is 11.3 Å². The molecule has 0 unspecified atom stereocenters. The number of amides is 1. The number of thiazole rings is 1. The number of rotatable bonds is 7. The lowest BCUT2D eigenvalue weighted by molar-refractivity contribution is -0.116. The van der Waals surface area contributed by atoms with Crippen LogP contribution in [0.4, 0.5) is 9.52 Å². The Balaban J connectivity index is 1.26. The van der Waals surface area contributed by atoms with Gasteiger partial charge in [0.05, 0.1) is 11.3 Å². The molecule has 4 rings (SSSR count). The maximum atomic E-state index is 13.9. The number of halogens is 1. The monoisotopic (exact) mass is 427 g/mol. The standard InChI is InChI=1S/C23H26FN3O2S/c1-16-10-12-27(13-11-16)14-17-15-30-23(25-17)26-22(28)9-7-18-6-8-21(29-18)19-4-2-3-5-20(19)24/h2-6,8,15-16H,7,9-14H2,1H3,(H,25,26,28). The summed E-state index contributed by atoms with van der Waals surface area (Å²) in [6.07, 6.45) is 3.20. The van der Waals surface area contributed by atoms with Gasteiger partial charge in [0.1, 0.15) is 17.3 Å². The Morgan fingerprint density at radius 3 is 2.87 bits per heavy atom. The van der Waals surface area contributed by atoms with Crippen LogP contribution in [0, 0.1) is 11.7 Å². The molecule has 0 atom stereocenters. The van der Waals surface area contributed by atoms with Crippen molar-refractivity contribution in [2.75, 3.05) is 18.4 Å². The van der Waals surface area contributed by atoms with E-state index in [9.17, 15) is 9.18 Å². The number of carbonyl (C=O) groups is 1. The first-order valence-corrected chi connectivity index (χ1v) is 11.2. The molecule has 1 aromatic carbocycles. The Kier molecular flexibility index (Phi) is 6.59. The maximum Gasteiger partial charge on any atom is 0.226 e. The van der Waals surface area contributed by atoms with E-state index in [0.29, 0.717) is 28.6 Å². The second-order valence-electron chi connectivity index (χ2n) is 7.90. The number of carbonyl (C=O) groups excluding carboxylic acids is 1. The molecule has 1 amide bonds. The highest BCUT2D eigenvalue weighted by molar-refractivity contribution is 7.13. The molecule has 30 heavy (non-hydrogen) atoms. The number of nitrogens with one attached hydrogen (secondary N) is 1. The lowest BCUT2D eigenvalue weighted by atomic mass is 9.99. The summed E-state index contributed by atoms with van der Waals surface area (Å²) >= 11 is 1.46. The number of aromatic nitrogens is 1. The molecular weight excluding hydrogens is 401 g/mol. The molecule has 0 saturated carbocycles. The van der Waals surface area contributed by atoms with Crippen LogP contribution in [0.3, 0.4) is 0 Å². The number of likely N-dealkylation sites (tertiary alicyclic amines) is 1. The largest absolute Gasteiger partial charge is 0.461 e. The molecule has 1 aliphatic heterocycles. The summed E-state index contributed by atoms with van der Waals surface area (Å²) in [5, 5.41) is 5.52. The maximum absolute atomic E-state index is 13.9. The SMILES string of the molecule is CC1CCN(Cc2csc(NC(=O)CCc3ccc(-c4ccccc4F)o3)n2)CC1. The smallest absolute Gasteiger partial charge is 0.226 e. The highest BCUT2D eigenvalue weighted by Gasteiger charge is 2.17. The summed E-state index contributed by atoms with van der Waals surface area (Å²) in [6.45, 7) is 5.36. The predicted molar refractivity (Wildman–Crippen MR) is 117 cm³/mol. The number of anilines is 1. The number of piperidine rings is 1. The lowest BCUT2D eigenvalue weighted by Gasteiger charge is -2.29. The van der Waals surface area contributed by atoms with Crippen molar-refractivity contribution in [3.63, 3.8) is 0 Å². The molecule has 1 saturated heterocycles. The minimum absolute atomic E-state index is 0.105. The fraction of sp³-hybridized carbons (Fsp3) is 0.391. The van der Waals surface area contributed by atoms with Crippen molar-refractivity contribution >= 4 is 22.4 Å². The Labute approximate surface area is 179 Å². The van der Waals surface area contributed by atoms with E-state index in [1.165, 1.54) is 30.2 Å². The number of aryl methyl sites for hydroxylation is 1. The molecule has 0 radical (unpaired) electrons. The molecule has 3 aromatic rings. The Morgan fingerprint density at radius 1 is 1.27 bits per heavy atom. The summed E-state index contributed by atoms with van der Waals surface area (Å²) < 4.78 is 19.6. The van der Waals surface area contributed by atoms with Gasteiger partial charge in [0.15, 0.2) is 5.13 Å². The minimum Gasteiger partial charge on any atom is -0.461 e. The molecule has 3 heterocycles. The van der Waals surface area contributed by atoms with E-state index >= 15 is 0 Å². The van der Waals surface area contributed by atoms with E-state index in [1.807, 2.05) is 5.38 Å². The first kappa shape index (κ1) is 20.8. The van der Waals surface area contributed by atoms with Crippen molar-refractivity contribution in [2.45, 2.75) is 39.2 Å². The van der Waals surface area contributed by atoms with Gasteiger partial charge in [-0.1, -0.05) is 19.1 Å². The van der Waals surface area contributed by atoms with Crippen LogP contribution in [-0.4, -0.2) is 28.9 Å². The van der Waals surface area contributed by atoms with Crippen LogP contribution < -0.4 is 5.32 Å². The van der Waals surface area contributed by atoms with Gasteiger partial charge in [-0.25, -0.2) is 9.37 Å². The van der Waals surface area contributed by atoms with Crippen molar-refractivity contribution < 1.29 is 13.6 Å². The van der Waals surface area contributed by atoms with Crippen LogP contribution in [0.1, 0.15) is 37.6 Å². The van der Waals surface area contributed by atoms with Crippen molar-refractivity contribution in [1.29, 1.82) is 0 Å². The van der Waals surface area contributed by atoms with Gasteiger partial charge in [0.25, 0.3) is 0 Å². The summed E-state index contributed by atoms with van der Waals surface area (Å²) in [4.78, 5) is 19.3. The molecule has 1 N–H and O–H groups in total. The van der Waals surface area contributed by atoms with Gasteiger partial charge in [-0.05, 0) is 56.1 Å². The fourth-order valence-electron chi connectivity index (χ4n) is 3.62. The molecule has 5 nitrogen and oxygen atoms in total. The molecule has 1 aliphatic rings. The third kappa shape index (κ3) is 5.34. The Hall–Kier alpha value is -2.51. The molecule has 0 bridgehead atoms. The first-order chi connectivity index (χ1) is 14.6. The molecule has 0 spiro atoms. The van der Waals surface area contributed by atoms with E-state index in [2.05, 4.69) is 22.1 Å². The van der Waals surface area contributed by atoms with E-state index in [-0.39, 0.29) is 18.1 Å². The van der Waals surface area contributed by atoms with E-state index in [4.69, 9.17) is 4.42 Å². The Morgan fingerprint density at radius 2 is 2.07 bits per heavy atom. The van der Waals surface area contributed by atoms with Gasteiger partial charge in [-0.15, -0.1) is 11.3 Å².